The highest BCUT2D eigenvalue weighted by molar-refractivity contribution is 5.81. The maximum Gasteiger partial charge on any atom is 0.263 e. The van der Waals surface area contributed by atoms with Gasteiger partial charge in [-0.2, -0.15) is 0 Å². The highest BCUT2D eigenvalue weighted by Gasteiger charge is 2.23. The van der Waals surface area contributed by atoms with Crippen molar-refractivity contribution < 1.29 is 9.53 Å². The number of nitrogen functional groups attached to an aromatic ring is 1. The Hall–Kier alpha value is -1.71. The number of aryl methyl sites for hydroxylation is 2. The first-order valence-electron chi connectivity index (χ1n) is 7.81. The van der Waals surface area contributed by atoms with E-state index in [1.165, 1.54) is 12.8 Å². The molecule has 1 unspecified atom stereocenters. The maximum atomic E-state index is 12.5. The predicted molar refractivity (Wildman–Crippen MR) is 85.5 cm³/mol. The van der Waals surface area contributed by atoms with Crippen LogP contribution in [0, 0.1) is 13.8 Å². The fraction of sp³-hybridized carbons (Fsp3) is 0.588. The third-order valence-electron chi connectivity index (χ3n) is 4.13. The summed E-state index contributed by atoms with van der Waals surface area (Å²) in [4.78, 5) is 14.4. The van der Waals surface area contributed by atoms with Crippen LogP contribution >= 0.6 is 0 Å². The molecule has 0 aliphatic carbocycles. The summed E-state index contributed by atoms with van der Waals surface area (Å²) in [6, 6.07) is 3.81. The number of benzene rings is 1. The minimum atomic E-state index is -0.469. The molecule has 1 aliphatic heterocycles. The van der Waals surface area contributed by atoms with Crippen LogP contribution in [0.2, 0.25) is 0 Å². The maximum absolute atomic E-state index is 12.5. The van der Waals surface area contributed by atoms with Crippen LogP contribution < -0.4 is 10.5 Å². The molecule has 0 radical (unpaired) electrons. The van der Waals surface area contributed by atoms with Gasteiger partial charge in [0.05, 0.1) is 0 Å². The van der Waals surface area contributed by atoms with E-state index in [1.807, 2.05) is 37.8 Å². The second kappa shape index (κ2) is 6.83. The average Bonchev–Trinajstić information content (AvgIpc) is 2.72. The van der Waals surface area contributed by atoms with Crippen LogP contribution in [0.15, 0.2) is 12.1 Å². The second-order valence-corrected chi connectivity index (χ2v) is 5.97. The number of hydrogen-bond acceptors (Lipinski definition) is 3. The molecule has 1 fully saturated rings. The molecule has 1 aromatic carbocycles. The van der Waals surface area contributed by atoms with E-state index in [0.29, 0.717) is 11.4 Å². The molecule has 1 saturated heterocycles. The van der Waals surface area contributed by atoms with Crippen molar-refractivity contribution in [3.63, 3.8) is 0 Å². The molecule has 1 atom stereocenters. The summed E-state index contributed by atoms with van der Waals surface area (Å²) < 4.78 is 5.87. The van der Waals surface area contributed by atoms with Crippen LogP contribution in [0.25, 0.3) is 0 Å². The fourth-order valence-corrected chi connectivity index (χ4v) is 2.76. The average molecular weight is 290 g/mol. The Morgan fingerprint density at radius 3 is 2.38 bits per heavy atom. The van der Waals surface area contributed by atoms with E-state index in [4.69, 9.17) is 10.5 Å². The molecule has 0 aromatic heterocycles. The third kappa shape index (κ3) is 3.90. The Kier molecular flexibility index (Phi) is 5.10. The summed E-state index contributed by atoms with van der Waals surface area (Å²) in [6.45, 7) is 7.47. The first kappa shape index (κ1) is 15.7. The van der Waals surface area contributed by atoms with Gasteiger partial charge in [-0.15, -0.1) is 0 Å². The van der Waals surface area contributed by atoms with Gasteiger partial charge in [0, 0.05) is 24.8 Å². The molecule has 21 heavy (non-hydrogen) atoms. The van der Waals surface area contributed by atoms with Crippen LogP contribution in [0.4, 0.5) is 5.69 Å². The normalized spacial score (nSPS) is 17.2. The zero-order valence-electron chi connectivity index (χ0n) is 13.3. The number of ether oxygens (including phenoxy) is 1. The quantitative estimate of drug-likeness (QED) is 0.870. The number of likely N-dealkylation sites (tertiary alicyclic amines) is 1. The lowest BCUT2D eigenvalue weighted by Crippen LogP contribution is -2.41. The van der Waals surface area contributed by atoms with Gasteiger partial charge in [0.25, 0.3) is 5.91 Å². The number of rotatable bonds is 3. The number of nitrogens with two attached hydrogens (primary N) is 1. The molecule has 1 aliphatic rings. The number of carbonyl (C=O) groups excluding carboxylic acids is 1. The summed E-state index contributed by atoms with van der Waals surface area (Å²) in [5.74, 6) is 0.782. The molecule has 0 bridgehead atoms. The van der Waals surface area contributed by atoms with Gasteiger partial charge >= 0.3 is 0 Å². The van der Waals surface area contributed by atoms with E-state index >= 15 is 0 Å². The SMILES string of the molecule is Cc1cc(C)c(OC(C)C(=O)N2CCCCCC2)cc1N. The van der Waals surface area contributed by atoms with Crippen LogP contribution in [0.1, 0.15) is 43.7 Å². The Morgan fingerprint density at radius 1 is 1.14 bits per heavy atom. The molecule has 1 aromatic rings. The van der Waals surface area contributed by atoms with Gasteiger partial charge in [-0.1, -0.05) is 18.9 Å². The highest BCUT2D eigenvalue weighted by Crippen LogP contribution is 2.25. The van der Waals surface area contributed by atoms with Crippen molar-refractivity contribution in [2.45, 2.75) is 52.6 Å². The van der Waals surface area contributed by atoms with Crippen molar-refractivity contribution in [2.75, 3.05) is 18.8 Å². The van der Waals surface area contributed by atoms with E-state index in [-0.39, 0.29) is 5.91 Å². The van der Waals surface area contributed by atoms with Gasteiger partial charge < -0.3 is 15.4 Å². The molecule has 0 spiro atoms. The molecule has 2 N–H and O–H groups in total. The molecule has 4 heteroatoms. The summed E-state index contributed by atoms with van der Waals surface area (Å²) >= 11 is 0. The standard InChI is InChI=1S/C17H26N2O2/c1-12-10-13(2)16(11-15(12)18)21-14(3)17(20)19-8-6-4-5-7-9-19/h10-11,14H,4-9,18H2,1-3H3. The van der Waals surface area contributed by atoms with Crippen LogP contribution in [0.5, 0.6) is 5.75 Å². The zero-order chi connectivity index (χ0) is 15.4. The van der Waals surface area contributed by atoms with Gasteiger partial charge in [-0.25, -0.2) is 0 Å². The van der Waals surface area contributed by atoms with E-state index in [0.717, 1.165) is 37.1 Å². The van der Waals surface area contributed by atoms with E-state index in [1.54, 1.807) is 0 Å². The topological polar surface area (TPSA) is 55.6 Å². The van der Waals surface area contributed by atoms with Gasteiger partial charge in [-0.05, 0) is 44.7 Å². The fourth-order valence-electron chi connectivity index (χ4n) is 2.76. The largest absolute Gasteiger partial charge is 0.481 e. The summed E-state index contributed by atoms with van der Waals surface area (Å²) in [5.41, 5.74) is 8.67. The Morgan fingerprint density at radius 2 is 1.76 bits per heavy atom. The highest BCUT2D eigenvalue weighted by atomic mass is 16.5. The van der Waals surface area contributed by atoms with Crippen molar-refractivity contribution in [3.05, 3.63) is 23.3 Å². The van der Waals surface area contributed by atoms with Gasteiger partial charge in [0.15, 0.2) is 6.10 Å². The van der Waals surface area contributed by atoms with Crippen molar-refractivity contribution in [1.82, 2.24) is 4.90 Å². The van der Waals surface area contributed by atoms with Gasteiger partial charge in [0.1, 0.15) is 5.75 Å². The van der Waals surface area contributed by atoms with E-state index < -0.39 is 6.10 Å². The minimum Gasteiger partial charge on any atom is -0.481 e. The summed E-state index contributed by atoms with van der Waals surface area (Å²) in [5, 5.41) is 0. The van der Waals surface area contributed by atoms with Crippen LogP contribution in [-0.2, 0) is 4.79 Å². The Balaban J connectivity index is 2.04. The van der Waals surface area contributed by atoms with Crippen LogP contribution in [0.3, 0.4) is 0 Å². The van der Waals surface area contributed by atoms with E-state index in [2.05, 4.69) is 0 Å². The molecule has 0 saturated carbocycles. The van der Waals surface area contributed by atoms with Crippen molar-refractivity contribution in [3.8, 4) is 5.75 Å². The molecule has 1 amide bonds. The van der Waals surface area contributed by atoms with Crippen molar-refractivity contribution >= 4 is 11.6 Å². The first-order chi connectivity index (χ1) is 9.99. The molecular weight excluding hydrogens is 264 g/mol. The van der Waals surface area contributed by atoms with Crippen LogP contribution in [-0.4, -0.2) is 30.0 Å². The number of anilines is 1. The summed E-state index contributed by atoms with van der Waals surface area (Å²) in [7, 11) is 0. The lowest BCUT2D eigenvalue weighted by atomic mass is 10.1. The molecule has 1 heterocycles. The van der Waals surface area contributed by atoms with Gasteiger partial charge in [-0.3, -0.25) is 4.79 Å². The second-order valence-electron chi connectivity index (χ2n) is 5.97. The Labute approximate surface area is 127 Å². The number of amides is 1. The third-order valence-corrected chi connectivity index (χ3v) is 4.13. The molecular formula is C17H26N2O2. The smallest absolute Gasteiger partial charge is 0.263 e. The number of carbonyl (C=O) groups is 1. The monoisotopic (exact) mass is 290 g/mol. The lowest BCUT2D eigenvalue weighted by Gasteiger charge is -2.25. The number of nitrogens with zero attached hydrogens (tertiary/aromatic N) is 1. The molecule has 116 valence electrons. The lowest BCUT2D eigenvalue weighted by molar-refractivity contribution is -0.137. The van der Waals surface area contributed by atoms with Crippen molar-refractivity contribution in [1.29, 1.82) is 0 Å². The minimum absolute atomic E-state index is 0.0791. The zero-order valence-corrected chi connectivity index (χ0v) is 13.3. The number of hydrogen-bond donors (Lipinski definition) is 1. The van der Waals surface area contributed by atoms with Crippen molar-refractivity contribution in [2.24, 2.45) is 0 Å². The van der Waals surface area contributed by atoms with Gasteiger partial charge in [0.2, 0.25) is 0 Å². The predicted octanol–water partition coefficient (Wildman–Crippen LogP) is 3.06. The Bertz CT molecular complexity index is 506. The summed E-state index contributed by atoms with van der Waals surface area (Å²) in [6.07, 6.45) is 4.15. The van der Waals surface area contributed by atoms with E-state index in [9.17, 15) is 4.79 Å². The first-order valence-corrected chi connectivity index (χ1v) is 7.81. The molecule has 2 rings (SSSR count). The molecule has 4 nitrogen and oxygen atoms in total.